The van der Waals surface area contributed by atoms with Crippen molar-refractivity contribution in [1.82, 2.24) is 10.2 Å². The van der Waals surface area contributed by atoms with Crippen molar-refractivity contribution in [3.05, 3.63) is 0 Å². The minimum absolute atomic E-state index is 0.0124. The number of hydrogen-bond donors (Lipinski definition) is 1. The molecule has 2 fully saturated rings. The second-order valence-electron chi connectivity index (χ2n) is 5.73. The average molecular weight is 224 g/mol. The minimum Gasteiger partial charge on any atom is -0.342 e. The van der Waals surface area contributed by atoms with Crippen LogP contribution in [0.2, 0.25) is 0 Å². The molecule has 2 rings (SSSR count). The van der Waals surface area contributed by atoms with E-state index in [1.54, 1.807) is 0 Å². The SMILES string of the molecule is CNCC1CCCN(C(=O)C2(C)CCC2)C1. The van der Waals surface area contributed by atoms with Crippen LogP contribution in [0.25, 0.3) is 0 Å². The van der Waals surface area contributed by atoms with Crippen LogP contribution in [0.5, 0.6) is 0 Å². The second-order valence-corrected chi connectivity index (χ2v) is 5.73. The highest BCUT2D eigenvalue weighted by molar-refractivity contribution is 5.83. The summed E-state index contributed by atoms with van der Waals surface area (Å²) in [5, 5.41) is 3.23. The molecular weight excluding hydrogens is 200 g/mol. The molecule has 2 aliphatic rings. The van der Waals surface area contributed by atoms with E-state index in [2.05, 4.69) is 17.1 Å². The maximum Gasteiger partial charge on any atom is 0.228 e. The molecular formula is C13H24N2O. The summed E-state index contributed by atoms with van der Waals surface area (Å²) < 4.78 is 0. The normalized spacial score (nSPS) is 28.6. The van der Waals surface area contributed by atoms with Gasteiger partial charge < -0.3 is 10.2 Å². The highest BCUT2D eigenvalue weighted by Gasteiger charge is 2.42. The molecule has 1 saturated heterocycles. The Morgan fingerprint density at radius 1 is 1.44 bits per heavy atom. The van der Waals surface area contributed by atoms with Crippen LogP contribution in [-0.4, -0.2) is 37.5 Å². The lowest BCUT2D eigenvalue weighted by atomic mass is 9.69. The molecule has 3 nitrogen and oxygen atoms in total. The van der Waals surface area contributed by atoms with Gasteiger partial charge in [-0.1, -0.05) is 13.3 Å². The number of amides is 1. The van der Waals surface area contributed by atoms with Gasteiger partial charge in [-0.2, -0.15) is 0 Å². The van der Waals surface area contributed by atoms with Crippen molar-refractivity contribution in [3.8, 4) is 0 Å². The predicted molar refractivity (Wildman–Crippen MR) is 65.2 cm³/mol. The topological polar surface area (TPSA) is 32.3 Å². The molecule has 0 radical (unpaired) electrons. The molecule has 0 aromatic carbocycles. The first-order valence-electron chi connectivity index (χ1n) is 6.60. The van der Waals surface area contributed by atoms with Gasteiger partial charge in [0, 0.05) is 18.5 Å². The Bertz CT molecular complexity index is 259. The molecule has 1 aliphatic carbocycles. The van der Waals surface area contributed by atoms with Crippen LogP contribution in [0.3, 0.4) is 0 Å². The van der Waals surface area contributed by atoms with Crippen LogP contribution in [0.4, 0.5) is 0 Å². The molecule has 92 valence electrons. The molecule has 0 aromatic heterocycles. The van der Waals surface area contributed by atoms with Gasteiger partial charge >= 0.3 is 0 Å². The van der Waals surface area contributed by atoms with Crippen LogP contribution in [0.1, 0.15) is 39.0 Å². The summed E-state index contributed by atoms with van der Waals surface area (Å²) in [6.45, 7) is 5.13. The zero-order chi connectivity index (χ0) is 11.6. The number of nitrogens with one attached hydrogen (secondary N) is 1. The van der Waals surface area contributed by atoms with E-state index in [0.29, 0.717) is 11.8 Å². The first-order chi connectivity index (χ1) is 7.65. The van der Waals surface area contributed by atoms with E-state index in [1.807, 2.05) is 7.05 Å². The summed E-state index contributed by atoms with van der Waals surface area (Å²) in [7, 11) is 1.99. The lowest BCUT2D eigenvalue weighted by Gasteiger charge is -2.43. The fourth-order valence-electron chi connectivity index (χ4n) is 3.01. The van der Waals surface area contributed by atoms with Crippen LogP contribution in [0, 0.1) is 11.3 Å². The number of hydrogen-bond acceptors (Lipinski definition) is 2. The third-order valence-electron chi connectivity index (χ3n) is 4.27. The zero-order valence-corrected chi connectivity index (χ0v) is 10.6. The van der Waals surface area contributed by atoms with Crippen molar-refractivity contribution in [2.75, 3.05) is 26.7 Å². The maximum absolute atomic E-state index is 12.4. The molecule has 1 N–H and O–H groups in total. The summed E-state index contributed by atoms with van der Waals surface area (Å²) in [4.78, 5) is 14.5. The molecule has 1 amide bonds. The Labute approximate surface area is 98.6 Å². The fraction of sp³-hybridized carbons (Fsp3) is 0.923. The van der Waals surface area contributed by atoms with E-state index in [1.165, 1.54) is 19.3 Å². The minimum atomic E-state index is -0.0124. The van der Waals surface area contributed by atoms with Crippen LogP contribution < -0.4 is 5.32 Å². The quantitative estimate of drug-likeness (QED) is 0.790. The van der Waals surface area contributed by atoms with Gasteiger partial charge in [-0.05, 0) is 45.2 Å². The summed E-state index contributed by atoms with van der Waals surface area (Å²) in [5.74, 6) is 1.07. The molecule has 16 heavy (non-hydrogen) atoms. The smallest absolute Gasteiger partial charge is 0.228 e. The molecule has 1 saturated carbocycles. The molecule has 0 spiro atoms. The number of nitrogens with zero attached hydrogens (tertiary/aromatic N) is 1. The lowest BCUT2D eigenvalue weighted by Crippen LogP contribution is -2.50. The summed E-state index contributed by atoms with van der Waals surface area (Å²) in [6.07, 6.45) is 5.86. The first-order valence-corrected chi connectivity index (χ1v) is 6.60. The van der Waals surface area contributed by atoms with Gasteiger partial charge in [0.25, 0.3) is 0 Å². The summed E-state index contributed by atoms with van der Waals surface area (Å²) >= 11 is 0. The van der Waals surface area contributed by atoms with Crippen molar-refractivity contribution < 1.29 is 4.79 Å². The first kappa shape index (κ1) is 11.9. The Morgan fingerprint density at radius 3 is 2.75 bits per heavy atom. The zero-order valence-electron chi connectivity index (χ0n) is 10.6. The number of rotatable bonds is 3. The molecule has 1 aliphatic heterocycles. The summed E-state index contributed by atoms with van der Waals surface area (Å²) in [5.41, 5.74) is -0.0124. The van der Waals surface area contributed by atoms with Gasteiger partial charge in [-0.25, -0.2) is 0 Å². The highest BCUT2D eigenvalue weighted by atomic mass is 16.2. The fourth-order valence-corrected chi connectivity index (χ4v) is 3.01. The number of carbonyl (C=O) groups is 1. The number of piperidine rings is 1. The largest absolute Gasteiger partial charge is 0.342 e. The molecule has 0 aromatic rings. The third-order valence-corrected chi connectivity index (χ3v) is 4.27. The van der Waals surface area contributed by atoms with Gasteiger partial charge in [0.15, 0.2) is 0 Å². The second kappa shape index (κ2) is 4.74. The van der Waals surface area contributed by atoms with Crippen molar-refractivity contribution in [3.63, 3.8) is 0 Å². The Hall–Kier alpha value is -0.570. The number of carbonyl (C=O) groups excluding carboxylic acids is 1. The molecule has 1 atom stereocenters. The van der Waals surface area contributed by atoms with Gasteiger partial charge in [0.2, 0.25) is 5.91 Å². The maximum atomic E-state index is 12.4. The predicted octanol–water partition coefficient (Wildman–Crippen LogP) is 1.63. The van der Waals surface area contributed by atoms with Crippen LogP contribution >= 0.6 is 0 Å². The van der Waals surface area contributed by atoms with Crippen molar-refractivity contribution in [2.45, 2.75) is 39.0 Å². The molecule has 1 heterocycles. The highest BCUT2D eigenvalue weighted by Crippen LogP contribution is 2.42. The third kappa shape index (κ3) is 2.24. The van der Waals surface area contributed by atoms with E-state index in [4.69, 9.17) is 0 Å². The Kier molecular flexibility index (Phi) is 3.53. The van der Waals surface area contributed by atoms with E-state index >= 15 is 0 Å². The van der Waals surface area contributed by atoms with Gasteiger partial charge in [0.05, 0.1) is 0 Å². The van der Waals surface area contributed by atoms with Crippen molar-refractivity contribution >= 4 is 5.91 Å². The molecule has 3 heteroatoms. The van der Waals surface area contributed by atoms with E-state index in [9.17, 15) is 4.79 Å². The van der Waals surface area contributed by atoms with Gasteiger partial charge in [-0.15, -0.1) is 0 Å². The molecule has 0 bridgehead atoms. The molecule has 1 unspecified atom stereocenters. The van der Waals surface area contributed by atoms with Gasteiger partial charge in [-0.3, -0.25) is 4.79 Å². The monoisotopic (exact) mass is 224 g/mol. The van der Waals surface area contributed by atoms with E-state index in [-0.39, 0.29) is 5.41 Å². The lowest BCUT2D eigenvalue weighted by molar-refractivity contribution is -0.147. The Morgan fingerprint density at radius 2 is 2.19 bits per heavy atom. The summed E-state index contributed by atoms with van der Waals surface area (Å²) in [6, 6.07) is 0. The van der Waals surface area contributed by atoms with Crippen LogP contribution in [0.15, 0.2) is 0 Å². The number of likely N-dealkylation sites (tertiary alicyclic amines) is 1. The van der Waals surface area contributed by atoms with Crippen LogP contribution in [-0.2, 0) is 4.79 Å². The van der Waals surface area contributed by atoms with Crippen molar-refractivity contribution in [2.24, 2.45) is 11.3 Å². The van der Waals surface area contributed by atoms with Crippen molar-refractivity contribution in [1.29, 1.82) is 0 Å². The Balaban J connectivity index is 1.91. The van der Waals surface area contributed by atoms with Gasteiger partial charge in [0.1, 0.15) is 0 Å². The van der Waals surface area contributed by atoms with E-state index in [0.717, 1.165) is 32.5 Å². The van der Waals surface area contributed by atoms with E-state index < -0.39 is 0 Å². The standard InChI is InChI=1S/C13H24N2O/c1-13(6-4-7-13)12(16)15-8-3-5-11(10-15)9-14-2/h11,14H,3-10H2,1-2H3. The average Bonchev–Trinajstić information content (AvgIpc) is 2.26.